The molecule has 0 amide bonds. The summed E-state index contributed by atoms with van der Waals surface area (Å²) in [7, 11) is 0. The van der Waals surface area contributed by atoms with Crippen LogP contribution in [0.4, 0.5) is 0 Å². The van der Waals surface area contributed by atoms with Gasteiger partial charge in [0.25, 0.3) is 0 Å². The van der Waals surface area contributed by atoms with Crippen LogP contribution in [0, 0.1) is 5.92 Å². The number of hydrogen-bond donors (Lipinski definition) is 0. The predicted octanol–water partition coefficient (Wildman–Crippen LogP) is 3.41. The zero-order valence-electron chi connectivity index (χ0n) is 12.3. The Hall–Kier alpha value is -2.55. The van der Waals surface area contributed by atoms with Gasteiger partial charge in [-0.25, -0.2) is 4.79 Å². The summed E-state index contributed by atoms with van der Waals surface area (Å²) in [6, 6.07) is 20.1. The van der Waals surface area contributed by atoms with Crippen molar-refractivity contribution in [3.63, 3.8) is 0 Å². The average molecular weight is 292 g/mol. The van der Waals surface area contributed by atoms with Crippen LogP contribution in [0.15, 0.2) is 72.0 Å². The first kappa shape index (κ1) is 13.1. The lowest BCUT2D eigenvalue weighted by atomic mass is 9.75. The van der Waals surface area contributed by atoms with Crippen molar-refractivity contribution in [3.8, 4) is 0 Å². The van der Waals surface area contributed by atoms with E-state index in [0.717, 1.165) is 11.1 Å². The Labute approximate surface area is 129 Å². The minimum Gasteiger partial charge on any atom is -0.481 e. The standard InChI is InChI=1S/C19H16O3/c1-13-17-16(12-21-18(17)20)19(22-13,14-8-4-2-5-9-14)15-10-6-3-7-11-15/h2-11,16H,12H2,1H3. The van der Waals surface area contributed by atoms with Gasteiger partial charge < -0.3 is 9.47 Å². The molecule has 0 radical (unpaired) electrons. The van der Waals surface area contributed by atoms with Crippen LogP contribution in [-0.2, 0) is 19.9 Å². The Bertz CT molecular complexity index is 707. The van der Waals surface area contributed by atoms with Gasteiger partial charge in [-0.15, -0.1) is 0 Å². The van der Waals surface area contributed by atoms with E-state index in [0.29, 0.717) is 17.9 Å². The van der Waals surface area contributed by atoms with Gasteiger partial charge in [0.05, 0.1) is 11.5 Å². The van der Waals surface area contributed by atoms with E-state index >= 15 is 0 Å². The smallest absolute Gasteiger partial charge is 0.338 e. The molecule has 0 aromatic heterocycles. The van der Waals surface area contributed by atoms with Crippen LogP contribution >= 0.6 is 0 Å². The van der Waals surface area contributed by atoms with Crippen LogP contribution < -0.4 is 0 Å². The maximum atomic E-state index is 12.1. The average Bonchev–Trinajstić information content (AvgIpc) is 3.09. The predicted molar refractivity (Wildman–Crippen MR) is 81.9 cm³/mol. The van der Waals surface area contributed by atoms with E-state index in [1.165, 1.54) is 0 Å². The molecule has 1 unspecified atom stereocenters. The molecule has 2 aromatic carbocycles. The minimum absolute atomic E-state index is 0.107. The minimum atomic E-state index is -0.686. The van der Waals surface area contributed by atoms with Crippen LogP contribution in [0.25, 0.3) is 0 Å². The van der Waals surface area contributed by atoms with Crippen LogP contribution in [0.1, 0.15) is 18.1 Å². The molecule has 0 bridgehead atoms. The van der Waals surface area contributed by atoms with Crippen LogP contribution in [0.3, 0.4) is 0 Å². The Balaban J connectivity index is 1.95. The van der Waals surface area contributed by atoms with Gasteiger partial charge in [0.1, 0.15) is 12.4 Å². The number of carbonyl (C=O) groups excluding carboxylic acids is 1. The second-order valence-corrected chi connectivity index (χ2v) is 5.69. The van der Waals surface area contributed by atoms with Crippen LogP contribution in [0.2, 0.25) is 0 Å². The van der Waals surface area contributed by atoms with Crippen LogP contribution in [0.5, 0.6) is 0 Å². The maximum absolute atomic E-state index is 12.1. The summed E-state index contributed by atoms with van der Waals surface area (Å²) in [6.45, 7) is 2.21. The van der Waals surface area contributed by atoms with Crippen molar-refractivity contribution in [3.05, 3.63) is 83.1 Å². The number of carbonyl (C=O) groups is 1. The second kappa shape index (κ2) is 4.73. The van der Waals surface area contributed by atoms with E-state index in [1.807, 2.05) is 67.6 Å². The zero-order valence-corrected chi connectivity index (χ0v) is 12.3. The molecule has 1 atom stereocenters. The molecule has 1 fully saturated rings. The fourth-order valence-corrected chi connectivity index (χ4v) is 3.60. The number of cyclic esters (lactones) is 1. The summed E-state index contributed by atoms with van der Waals surface area (Å²) in [6.07, 6.45) is 0. The Morgan fingerprint density at radius 2 is 1.50 bits per heavy atom. The number of rotatable bonds is 2. The van der Waals surface area contributed by atoms with Crippen molar-refractivity contribution in [1.82, 2.24) is 0 Å². The van der Waals surface area contributed by atoms with Gasteiger partial charge in [0, 0.05) is 11.1 Å². The molecular weight excluding hydrogens is 276 g/mol. The molecule has 110 valence electrons. The van der Waals surface area contributed by atoms with Gasteiger partial charge >= 0.3 is 5.97 Å². The lowest BCUT2D eigenvalue weighted by Crippen LogP contribution is -2.36. The summed E-state index contributed by atoms with van der Waals surface area (Å²) in [5.41, 5.74) is 2.07. The van der Waals surface area contributed by atoms with Crippen molar-refractivity contribution >= 4 is 5.97 Å². The zero-order chi connectivity index (χ0) is 15.2. The molecule has 0 saturated carbocycles. The third kappa shape index (κ3) is 1.65. The molecule has 3 heteroatoms. The van der Waals surface area contributed by atoms with Gasteiger partial charge in [-0.1, -0.05) is 60.7 Å². The topological polar surface area (TPSA) is 35.5 Å². The fraction of sp³-hybridized carbons (Fsp3) is 0.211. The summed E-state index contributed by atoms with van der Waals surface area (Å²) < 4.78 is 11.6. The van der Waals surface area contributed by atoms with Gasteiger partial charge in [-0.3, -0.25) is 0 Å². The normalized spacial score (nSPS) is 22.2. The first-order valence-electron chi connectivity index (χ1n) is 7.41. The molecule has 2 aromatic rings. The first-order chi connectivity index (χ1) is 10.7. The number of allylic oxidation sites excluding steroid dienone is 1. The van der Waals surface area contributed by atoms with E-state index in [4.69, 9.17) is 9.47 Å². The van der Waals surface area contributed by atoms with Gasteiger partial charge in [-0.2, -0.15) is 0 Å². The molecule has 2 heterocycles. The van der Waals surface area contributed by atoms with Crippen molar-refractivity contribution in [2.24, 2.45) is 5.92 Å². The lowest BCUT2D eigenvalue weighted by Gasteiger charge is -2.35. The van der Waals surface area contributed by atoms with E-state index in [2.05, 4.69) is 0 Å². The highest BCUT2D eigenvalue weighted by atomic mass is 16.6. The number of hydrogen-bond acceptors (Lipinski definition) is 3. The molecular formula is C19H16O3. The fourth-order valence-electron chi connectivity index (χ4n) is 3.60. The molecule has 3 nitrogen and oxygen atoms in total. The summed E-state index contributed by atoms with van der Waals surface area (Å²) in [5.74, 6) is 0.307. The third-order valence-electron chi connectivity index (χ3n) is 4.54. The number of ether oxygens (including phenoxy) is 2. The molecule has 4 rings (SSSR count). The highest BCUT2D eigenvalue weighted by molar-refractivity contribution is 5.93. The Kier molecular flexibility index (Phi) is 2.83. The number of benzene rings is 2. The lowest BCUT2D eigenvalue weighted by molar-refractivity contribution is -0.136. The monoisotopic (exact) mass is 292 g/mol. The van der Waals surface area contributed by atoms with Crippen molar-refractivity contribution in [1.29, 1.82) is 0 Å². The summed E-state index contributed by atoms with van der Waals surface area (Å²) >= 11 is 0. The van der Waals surface area contributed by atoms with Gasteiger partial charge in [-0.05, 0) is 6.92 Å². The van der Waals surface area contributed by atoms with E-state index in [1.54, 1.807) is 0 Å². The van der Waals surface area contributed by atoms with Gasteiger partial charge in [0.15, 0.2) is 5.60 Å². The van der Waals surface area contributed by atoms with Crippen LogP contribution in [-0.4, -0.2) is 12.6 Å². The quantitative estimate of drug-likeness (QED) is 0.796. The number of fused-ring (bicyclic) bond motifs is 1. The highest BCUT2D eigenvalue weighted by Gasteiger charge is 2.57. The second-order valence-electron chi connectivity index (χ2n) is 5.69. The number of esters is 1. The Morgan fingerprint density at radius 1 is 0.955 bits per heavy atom. The Morgan fingerprint density at radius 3 is 2.05 bits per heavy atom. The molecule has 1 saturated heterocycles. The van der Waals surface area contributed by atoms with Crippen molar-refractivity contribution < 1.29 is 14.3 Å². The maximum Gasteiger partial charge on any atom is 0.338 e. The molecule has 0 aliphatic carbocycles. The van der Waals surface area contributed by atoms with E-state index in [9.17, 15) is 4.79 Å². The molecule has 22 heavy (non-hydrogen) atoms. The molecule has 0 N–H and O–H groups in total. The summed E-state index contributed by atoms with van der Waals surface area (Å²) in [5, 5.41) is 0. The van der Waals surface area contributed by atoms with Gasteiger partial charge in [0.2, 0.25) is 0 Å². The SMILES string of the molecule is CC1=C2C(=O)OCC2C(c2ccccc2)(c2ccccc2)O1. The third-order valence-corrected chi connectivity index (χ3v) is 4.54. The molecule has 0 spiro atoms. The van der Waals surface area contributed by atoms with Crippen molar-refractivity contribution in [2.45, 2.75) is 12.5 Å². The molecule has 2 aliphatic rings. The molecule has 2 aliphatic heterocycles. The summed E-state index contributed by atoms with van der Waals surface area (Å²) in [4.78, 5) is 12.1. The first-order valence-corrected chi connectivity index (χ1v) is 7.41. The van der Waals surface area contributed by atoms with E-state index in [-0.39, 0.29) is 11.9 Å². The van der Waals surface area contributed by atoms with E-state index < -0.39 is 5.60 Å². The highest BCUT2D eigenvalue weighted by Crippen LogP contribution is 2.53. The van der Waals surface area contributed by atoms with Crippen molar-refractivity contribution in [2.75, 3.05) is 6.61 Å². The largest absolute Gasteiger partial charge is 0.481 e.